The number of esters is 1. The molecule has 0 radical (unpaired) electrons. The van der Waals surface area contributed by atoms with E-state index in [4.69, 9.17) is 4.74 Å². The van der Waals surface area contributed by atoms with Crippen molar-refractivity contribution < 1.29 is 14.3 Å². The lowest BCUT2D eigenvalue weighted by Crippen LogP contribution is -2.35. The first-order chi connectivity index (χ1) is 13.1. The smallest absolute Gasteiger partial charge is 0.330 e. The molecule has 2 aromatic carbocycles. The fourth-order valence-corrected chi connectivity index (χ4v) is 2.56. The van der Waals surface area contributed by atoms with Crippen LogP contribution < -0.4 is 5.32 Å². The molecule has 1 N–H and O–H groups in total. The summed E-state index contributed by atoms with van der Waals surface area (Å²) in [6.07, 6.45) is 3.96. The number of carbonyl (C=O) groups is 2. The summed E-state index contributed by atoms with van der Waals surface area (Å²) in [5.41, 5.74) is 2.67. The molecule has 0 aromatic heterocycles. The van der Waals surface area contributed by atoms with Crippen molar-refractivity contribution in [2.24, 2.45) is 0 Å². The van der Waals surface area contributed by atoms with Gasteiger partial charge in [-0.1, -0.05) is 49.4 Å². The molecule has 0 fully saturated rings. The highest BCUT2D eigenvalue weighted by molar-refractivity contribution is 5.90. The van der Waals surface area contributed by atoms with Crippen LogP contribution in [0.4, 0.5) is 10.5 Å². The van der Waals surface area contributed by atoms with Gasteiger partial charge in [-0.15, -0.1) is 0 Å². The van der Waals surface area contributed by atoms with Gasteiger partial charge in [-0.25, -0.2) is 9.59 Å². The van der Waals surface area contributed by atoms with Crippen LogP contribution in [0.15, 0.2) is 60.7 Å². The summed E-state index contributed by atoms with van der Waals surface area (Å²) in [6, 6.07) is 17.1. The number of nitrogens with one attached hydrogen (secondary N) is 1. The highest BCUT2D eigenvalue weighted by Crippen LogP contribution is 2.13. The van der Waals surface area contributed by atoms with Crippen molar-refractivity contribution in [1.82, 2.24) is 4.90 Å². The Balaban J connectivity index is 1.97. The second kappa shape index (κ2) is 10.8. The number of hydrogen-bond acceptors (Lipinski definition) is 3. The van der Waals surface area contributed by atoms with Crippen LogP contribution in [0.3, 0.4) is 0 Å². The average molecular weight is 366 g/mol. The molecule has 0 heterocycles. The van der Waals surface area contributed by atoms with E-state index in [1.54, 1.807) is 17.9 Å². The Bertz CT molecular complexity index is 755. The van der Waals surface area contributed by atoms with Gasteiger partial charge in [-0.05, 0) is 42.7 Å². The van der Waals surface area contributed by atoms with Gasteiger partial charge in [0.1, 0.15) is 0 Å². The Morgan fingerprint density at radius 3 is 2.37 bits per heavy atom. The largest absolute Gasteiger partial charge is 0.463 e. The third-order valence-corrected chi connectivity index (χ3v) is 3.86. The highest BCUT2D eigenvalue weighted by atomic mass is 16.5. The van der Waals surface area contributed by atoms with Crippen molar-refractivity contribution in [3.8, 4) is 0 Å². The topological polar surface area (TPSA) is 58.6 Å². The van der Waals surface area contributed by atoms with E-state index in [1.807, 2.05) is 54.6 Å². The van der Waals surface area contributed by atoms with Gasteiger partial charge < -0.3 is 15.0 Å². The van der Waals surface area contributed by atoms with Crippen molar-refractivity contribution in [3.05, 3.63) is 71.8 Å². The maximum Gasteiger partial charge on any atom is 0.330 e. The van der Waals surface area contributed by atoms with E-state index in [0.29, 0.717) is 25.4 Å². The molecule has 0 saturated carbocycles. The normalized spacial score (nSPS) is 10.6. The van der Waals surface area contributed by atoms with Crippen molar-refractivity contribution in [2.75, 3.05) is 18.5 Å². The summed E-state index contributed by atoms with van der Waals surface area (Å²) >= 11 is 0. The number of urea groups is 1. The summed E-state index contributed by atoms with van der Waals surface area (Å²) in [6.45, 7) is 5.42. The number of anilines is 1. The van der Waals surface area contributed by atoms with E-state index in [9.17, 15) is 9.59 Å². The van der Waals surface area contributed by atoms with E-state index < -0.39 is 0 Å². The maximum atomic E-state index is 12.6. The van der Waals surface area contributed by atoms with E-state index in [2.05, 4.69) is 12.2 Å². The molecule has 2 amide bonds. The summed E-state index contributed by atoms with van der Waals surface area (Å²) in [4.78, 5) is 25.8. The zero-order valence-electron chi connectivity index (χ0n) is 15.9. The van der Waals surface area contributed by atoms with Crippen LogP contribution >= 0.6 is 0 Å². The van der Waals surface area contributed by atoms with Gasteiger partial charge in [0.15, 0.2) is 0 Å². The number of ether oxygens (including phenoxy) is 1. The van der Waals surface area contributed by atoms with Crippen LogP contribution in [-0.4, -0.2) is 30.1 Å². The van der Waals surface area contributed by atoms with Gasteiger partial charge in [0.25, 0.3) is 0 Å². The molecule has 2 aromatic rings. The summed E-state index contributed by atoms with van der Waals surface area (Å²) < 4.78 is 4.85. The lowest BCUT2D eigenvalue weighted by molar-refractivity contribution is -0.137. The van der Waals surface area contributed by atoms with Crippen LogP contribution in [0.25, 0.3) is 6.08 Å². The minimum atomic E-state index is -0.369. The van der Waals surface area contributed by atoms with Crippen molar-refractivity contribution in [2.45, 2.75) is 26.8 Å². The minimum absolute atomic E-state index is 0.129. The fourth-order valence-electron chi connectivity index (χ4n) is 2.56. The minimum Gasteiger partial charge on any atom is -0.463 e. The van der Waals surface area contributed by atoms with Crippen LogP contribution in [-0.2, 0) is 16.1 Å². The SMILES string of the molecule is CCCN(Cc1ccccc1)C(=O)Nc1ccc(/C=C/C(=O)OCC)cc1. The summed E-state index contributed by atoms with van der Waals surface area (Å²) in [7, 11) is 0. The lowest BCUT2D eigenvalue weighted by atomic mass is 10.2. The fraction of sp³-hybridized carbons (Fsp3) is 0.273. The van der Waals surface area contributed by atoms with E-state index in [0.717, 1.165) is 17.5 Å². The van der Waals surface area contributed by atoms with Crippen molar-refractivity contribution >= 4 is 23.8 Å². The molecular weight excluding hydrogens is 340 g/mol. The molecule has 2 rings (SSSR count). The zero-order chi connectivity index (χ0) is 19.5. The Hall–Kier alpha value is -3.08. The average Bonchev–Trinajstić information content (AvgIpc) is 2.68. The second-order valence-corrected chi connectivity index (χ2v) is 6.04. The van der Waals surface area contributed by atoms with Gasteiger partial charge in [0.05, 0.1) is 6.61 Å². The molecular formula is C22H26N2O3. The monoisotopic (exact) mass is 366 g/mol. The Morgan fingerprint density at radius 2 is 1.74 bits per heavy atom. The second-order valence-electron chi connectivity index (χ2n) is 6.04. The Morgan fingerprint density at radius 1 is 1.04 bits per heavy atom. The highest BCUT2D eigenvalue weighted by Gasteiger charge is 2.13. The first kappa shape index (κ1) is 20.2. The Kier molecular flexibility index (Phi) is 8.10. The molecule has 0 spiro atoms. The number of rotatable bonds is 8. The van der Waals surface area contributed by atoms with Gasteiger partial charge >= 0.3 is 12.0 Å². The maximum absolute atomic E-state index is 12.6. The van der Waals surface area contributed by atoms with Crippen LogP contribution in [0.2, 0.25) is 0 Å². The molecule has 0 atom stereocenters. The van der Waals surface area contributed by atoms with Crippen LogP contribution in [0, 0.1) is 0 Å². The van der Waals surface area contributed by atoms with Gasteiger partial charge in [0, 0.05) is 24.9 Å². The van der Waals surface area contributed by atoms with Crippen molar-refractivity contribution in [1.29, 1.82) is 0 Å². The molecule has 27 heavy (non-hydrogen) atoms. The molecule has 5 heteroatoms. The third-order valence-electron chi connectivity index (χ3n) is 3.86. The predicted octanol–water partition coefficient (Wildman–Crippen LogP) is 4.71. The molecule has 0 bridgehead atoms. The van der Waals surface area contributed by atoms with Gasteiger partial charge in [-0.3, -0.25) is 0 Å². The van der Waals surface area contributed by atoms with Crippen molar-refractivity contribution in [3.63, 3.8) is 0 Å². The third kappa shape index (κ3) is 6.98. The molecule has 0 saturated heterocycles. The zero-order valence-corrected chi connectivity index (χ0v) is 15.9. The van der Waals surface area contributed by atoms with Crippen LogP contribution in [0.5, 0.6) is 0 Å². The lowest BCUT2D eigenvalue weighted by Gasteiger charge is -2.22. The van der Waals surface area contributed by atoms with E-state index in [1.165, 1.54) is 6.08 Å². The predicted molar refractivity (Wildman–Crippen MR) is 108 cm³/mol. The van der Waals surface area contributed by atoms with Crippen LogP contribution in [0.1, 0.15) is 31.4 Å². The summed E-state index contributed by atoms with van der Waals surface area (Å²) in [5, 5.41) is 2.93. The first-order valence-electron chi connectivity index (χ1n) is 9.17. The number of hydrogen-bond donors (Lipinski definition) is 1. The number of carbonyl (C=O) groups excluding carboxylic acids is 2. The van der Waals surface area contributed by atoms with E-state index in [-0.39, 0.29) is 12.0 Å². The molecule has 0 aliphatic heterocycles. The molecule has 0 aliphatic rings. The summed E-state index contributed by atoms with van der Waals surface area (Å²) in [5.74, 6) is -0.369. The molecule has 0 unspecified atom stereocenters. The van der Waals surface area contributed by atoms with Gasteiger partial charge in [0.2, 0.25) is 0 Å². The molecule has 5 nitrogen and oxygen atoms in total. The molecule has 142 valence electrons. The standard InChI is InChI=1S/C22H26N2O3/c1-3-16-24(17-19-8-6-5-7-9-19)22(26)23-20-13-10-18(11-14-20)12-15-21(25)27-4-2/h5-15H,3-4,16-17H2,1-2H3,(H,23,26)/b15-12+. The molecule has 0 aliphatic carbocycles. The number of nitrogens with zero attached hydrogens (tertiary/aromatic N) is 1. The Labute approximate surface area is 160 Å². The number of amides is 2. The van der Waals surface area contributed by atoms with Gasteiger partial charge in [-0.2, -0.15) is 0 Å². The first-order valence-corrected chi connectivity index (χ1v) is 9.17. The number of benzene rings is 2. The van der Waals surface area contributed by atoms with E-state index >= 15 is 0 Å². The quantitative estimate of drug-likeness (QED) is 0.544.